The van der Waals surface area contributed by atoms with Gasteiger partial charge in [-0.05, 0) is 30.7 Å². The number of rotatable bonds is 6. The van der Waals surface area contributed by atoms with Crippen LogP contribution in [0.1, 0.15) is 29.0 Å². The van der Waals surface area contributed by atoms with Gasteiger partial charge < -0.3 is 10.1 Å². The molecule has 3 aromatic carbocycles. The molecule has 6 nitrogen and oxygen atoms in total. The highest BCUT2D eigenvalue weighted by atomic mass is 16.5. The van der Waals surface area contributed by atoms with Crippen molar-refractivity contribution in [3.63, 3.8) is 0 Å². The quantitative estimate of drug-likeness (QED) is 0.369. The molecular formula is C28H24N4O2. The van der Waals surface area contributed by atoms with E-state index in [-0.39, 0.29) is 11.9 Å². The second-order valence-corrected chi connectivity index (χ2v) is 8.03. The van der Waals surface area contributed by atoms with Gasteiger partial charge in [0.25, 0.3) is 5.91 Å². The van der Waals surface area contributed by atoms with E-state index in [1.54, 1.807) is 17.7 Å². The van der Waals surface area contributed by atoms with Gasteiger partial charge in [0.15, 0.2) is 5.65 Å². The number of ether oxygens (including phenoxy) is 1. The van der Waals surface area contributed by atoms with E-state index >= 15 is 0 Å². The number of amides is 1. The van der Waals surface area contributed by atoms with Gasteiger partial charge in [-0.15, -0.1) is 0 Å². The van der Waals surface area contributed by atoms with Crippen LogP contribution in [0.4, 0.5) is 0 Å². The van der Waals surface area contributed by atoms with Crippen molar-refractivity contribution in [3.05, 3.63) is 108 Å². The van der Waals surface area contributed by atoms with Gasteiger partial charge in [0.1, 0.15) is 11.4 Å². The monoisotopic (exact) mass is 448 g/mol. The third kappa shape index (κ3) is 4.26. The van der Waals surface area contributed by atoms with Gasteiger partial charge in [0, 0.05) is 17.2 Å². The molecule has 0 unspecified atom stereocenters. The second-order valence-electron chi connectivity index (χ2n) is 8.03. The molecule has 1 amide bonds. The Bertz CT molecular complexity index is 1450. The number of hydrogen-bond acceptors (Lipinski definition) is 4. The van der Waals surface area contributed by atoms with Crippen molar-refractivity contribution in [1.82, 2.24) is 19.9 Å². The average molecular weight is 449 g/mol. The fraction of sp³-hybridized carbons (Fsp3) is 0.107. The largest absolute Gasteiger partial charge is 0.497 e. The summed E-state index contributed by atoms with van der Waals surface area (Å²) in [5.74, 6) is 0.479. The van der Waals surface area contributed by atoms with E-state index in [0.29, 0.717) is 11.3 Å². The lowest BCUT2D eigenvalue weighted by molar-refractivity contribution is 0.0935. The second kappa shape index (κ2) is 9.19. The summed E-state index contributed by atoms with van der Waals surface area (Å²) in [6.07, 6.45) is 0. The highest BCUT2D eigenvalue weighted by Gasteiger charge is 2.18. The summed E-state index contributed by atoms with van der Waals surface area (Å²) in [7, 11) is 1.63. The van der Waals surface area contributed by atoms with E-state index in [1.165, 1.54) is 0 Å². The lowest BCUT2D eigenvalue weighted by Gasteiger charge is -2.15. The lowest BCUT2D eigenvalue weighted by atomic mass is 10.1. The van der Waals surface area contributed by atoms with E-state index in [0.717, 1.165) is 33.8 Å². The van der Waals surface area contributed by atoms with Crippen LogP contribution in [0, 0.1) is 0 Å². The highest BCUT2D eigenvalue weighted by molar-refractivity contribution is 5.94. The Balaban J connectivity index is 1.60. The summed E-state index contributed by atoms with van der Waals surface area (Å²) < 4.78 is 7.19. The van der Waals surface area contributed by atoms with Crippen molar-refractivity contribution in [2.75, 3.05) is 7.11 Å². The molecular weight excluding hydrogens is 424 g/mol. The number of hydrogen-bond donors (Lipinski definition) is 1. The molecule has 0 saturated carbocycles. The van der Waals surface area contributed by atoms with Crippen LogP contribution in [0.15, 0.2) is 97.1 Å². The van der Waals surface area contributed by atoms with Gasteiger partial charge in [-0.2, -0.15) is 5.10 Å². The molecule has 0 aliphatic carbocycles. The molecule has 0 radical (unpaired) electrons. The van der Waals surface area contributed by atoms with Crippen molar-refractivity contribution < 1.29 is 9.53 Å². The Morgan fingerprint density at radius 1 is 0.882 bits per heavy atom. The number of nitrogens with zero attached hydrogens (tertiary/aromatic N) is 3. The summed E-state index contributed by atoms with van der Waals surface area (Å²) in [5, 5.41) is 7.87. The Labute approximate surface area is 197 Å². The van der Waals surface area contributed by atoms with Crippen LogP contribution in [-0.4, -0.2) is 27.6 Å². The molecule has 0 saturated heterocycles. The van der Waals surface area contributed by atoms with Crippen LogP contribution in [0.3, 0.4) is 0 Å². The molecule has 6 heteroatoms. The minimum absolute atomic E-state index is 0.156. The summed E-state index contributed by atoms with van der Waals surface area (Å²) in [4.78, 5) is 17.9. The third-order valence-corrected chi connectivity index (χ3v) is 5.74. The SMILES string of the molecule is COc1cccc(-c2cc(C(=O)N[C@H](C)c3ccccc3)nc3cc(-c4ccccc4)nn23)c1. The topological polar surface area (TPSA) is 68.5 Å². The molecule has 34 heavy (non-hydrogen) atoms. The summed E-state index contributed by atoms with van der Waals surface area (Å²) >= 11 is 0. The Kier molecular flexibility index (Phi) is 5.79. The number of carbonyl (C=O) groups is 1. The maximum absolute atomic E-state index is 13.2. The maximum Gasteiger partial charge on any atom is 0.270 e. The van der Waals surface area contributed by atoms with Crippen LogP contribution in [0.2, 0.25) is 0 Å². The smallest absolute Gasteiger partial charge is 0.270 e. The first kappa shape index (κ1) is 21.4. The van der Waals surface area contributed by atoms with Crippen LogP contribution >= 0.6 is 0 Å². The Morgan fingerprint density at radius 2 is 1.59 bits per heavy atom. The fourth-order valence-corrected chi connectivity index (χ4v) is 3.92. The number of aromatic nitrogens is 3. The summed E-state index contributed by atoms with van der Waals surface area (Å²) in [5.41, 5.74) is 5.34. The summed E-state index contributed by atoms with van der Waals surface area (Å²) in [6.45, 7) is 1.96. The molecule has 0 bridgehead atoms. The molecule has 0 spiro atoms. The van der Waals surface area contributed by atoms with Gasteiger partial charge in [-0.25, -0.2) is 9.50 Å². The molecule has 168 valence electrons. The van der Waals surface area contributed by atoms with Crippen molar-refractivity contribution in [3.8, 4) is 28.3 Å². The molecule has 2 aromatic heterocycles. The van der Waals surface area contributed by atoms with E-state index in [2.05, 4.69) is 10.3 Å². The molecule has 1 atom stereocenters. The molecule has 2 heterocycles. The van der Waals surface area contributed by atoms with Gasteiger partial charge in [-0.1, -0.05) is 72.8 Å². The molecule has 5 aromatic rings. The normalized spacial score (nSPS) is 11.8. The average Bonchev–Trinajstić information content (AvgIpc) is 3.33. The van der Waals surface area contributed by atoms with E-state index in [4.69, 9.17) is 9.84 Å². The predicted molar refractivity (Wildman–Crippen MR) is 133 cm³/mol. The van der Waals surface area contributed by atoms with Crippen molar-refractivity contribution in [2.45, 2.75) is 13.0 Å². The van der Waals surface area contributed by atoms with Crippen molar-refractivity contribution in [2.24, 2.45) is 0 Å². The maximum atomic E-state index is 13.2. The predicted octanol–water partition coefficient (Wildman–Crippen LogP) is 5.56. The zero-order valence-electron chi connectivity index (χ0n) is 19.0. The van der Waals surface area contributed by atoms with Crippen molar-refractivity contribution in [1.29, 1.82) is 0 Å². The fourth-order valence-electron chi connectivity index (χ4n) is 3.92. The first-order valence-corrected chi connectivity index (χ1v) is 11.1. The number of methoxy groups -OCH3 is 1. The van der Waals surface area contributed by atoms with Crippen molar-refractivity contribution >= 4 is 11.6 Å². The Morgan fingerprint density at radius 3 is 2.32 bits per heavy atom. The number of benzene rings is 3. The van der Waals surface area contributed by atoms with Crippen LogP contribution < -0.4 is 10.1 Å². The van der Waals surface area contributed by atoms with E-state index < -0.39 is 0 Å². The first-order chi connectivity index (χ1) is 16.6. The van der Waals surface area contributed by atoms with Gasteiger partial charge in [-0.3, -0.25) is 4.79 Å². The highest BCUT2D eigenvalue weighted by Crippen LogP contribution is 2.27. The minimum atomic E-state index is -0.245. The zero-order chi connectivity index (χ0) is 23.5. The molecule has 1 N–H and O–H groups in total. The summed E-state index contributed by atoms with van der Waals surface area (Å²) in [6, 6.07) is 31.0. The third-order valence-electron chi connectivity index (χ3n) is 5.74. The molecule has 0 aliphatic rings. The number of carbonyl (C=O) groups excluding carboxylic acids is 1. The minimum Gasteiger partial charge on any atom is -0.497 e. The van der Waals surface area contributed by atoms with E-state index in [1.807, 2.05) is 97.9 Å². The number of fused-ring (bicyclic) bond motifs is 1. The first-order valence-electron chi connectivity index (χ1n) is 11.1. The molecule has 0 aliphatic heterocycles. The van der Waals surface area contributed by atoms with Gasteiger partial charge in [0.05, 0.1) is 24.5 Å². The van der Waals surface area contributed by atoms with Crippen LogP contribution in [0.5, 0.6) is 5.75 Å². The Hall–Kier alpha value is -4.45. The zero-order valence-corrected chi connectivity index (χ0v) is 19.0. The number of nitrogens with one attached hydrogen (secondary N) is 1. The van der Waals surface area contributed by atoms with Crippen LogP contribution in [-0.2, 0) is 0 Å². The standard InChI is InChI=1S/C28H24N4O2/c1-19(20-10-5-3-6-11-20)29-28(33)25-17-26(22-14-9-15-23(16-22)34-2)32-27(30-25)18-24(31-32)21-12-7-4-8-13-21/h3-19H,1-2H3,(H,29,33)/t19-/m1/s1. The molecule has 0 fully saturated rings. The van der Waals surface area contributed by atoms with Gasteiger partial charge >= 0.3 is 0 Å². The van der Waals surface area contributed by atoms with E-state index in [9.17, 15) is 4.79 Å². The molecule has 5 rings (SSSR count). The lowest BCUT2D eigenvalue weighted by Crippen LogP contribution is -2.27. The van der Waals surface area contributed by atoms with Crippen LogP contribution in [0.25, 0.3) is 28.2 Å². The van der Waals surface area contributed by atoms with Gasteiger partial charge in [0.2, 0.25) is 0 Å².